The predicted octanol–water partition coefficient (Wildman–Crippen LogP) is 3.15. The highest BCUT2D eigenvalue weighted by Gasteiger charge is 2.36. The number of sulfone groups is 1. The molecular weight excluding hydrogens is 922 g/mol. The molecule has 0 unspecified atom stereocenters. The highest BCUT2D eigenvalue weighted by Crippen LogP contribution is 2.36. The number of halogens is 1. The summed E-state index contributed by atoms with van der Waals surface area (Å²) in [5, 5.41) is 9.11. The first-order chi connectivity index (χ1) is 27.8. The summed E-state index contributed by atoms with van der Waals surface area (Å²) < 4.78 is 164. The largest absolute Gasteiger partial charge is 0.397 e. The van der Waals surface area contributed by atoms with Crippen LogP contribution in [0.15, 0.2) is 97.5 Å². The Labute approximate surface area is 344 Å². The van der Waals surface area contributed by atoms with Crippen LogP contribution in [-0.2, 0) is 54.8 Å². The van der Waals surface area contributed by atoms with Gasteiger partial charge in [-0.05, 0) is 71.1 Å². The van der Waals surface area contributed by atoms with Gasteiger partial charge in [0.2, 0.25) is 23.0 Å². The smallest absolute Gasteiger partial charge is 0.324 e. The standard InChI is InChI=1S/C31H24ClN7O16S5/c32-29-35-30(33-18-6-8-19(9-7-18)56(41,42)12-11-55-60(52,53)54)37-31(36-29)34-22-15-20(57(43,44)45)13-17-14-24(59(49,50)51)27(28(40)25(17)22)39-38-26-21-4-2-1-3-16(21)5-10-23(26)58(46,47)48/h1-10,13-15,38H,11-12H2,(H,43,44,45)(H,46,47,48)(H,49,50,51)(H,52,53,54)(H2,33,34,35,36,37). The van der Waals surface area contributed by atoms with Crippen molar-refractivity contribution >= 4 is 119 Å². The van der Waals surface area contributed by atoms with Crippen LogP contribution < -0.4 is 16.1 Å². The number of rotatable bonds is 14. The van der Waals surface area contributed by atoms with E-state index in [1.807, 2.05) is 0 Å². The van der Waals surface area contributed by atoms with Crippen molar-refractivity contribution in [3.63, 3.8) is 0 Å². The SMILES string of the molecule is O=C1C(=NNc2c(S(=O)(=O)O)ccc3ccccc23)C(S(=O)(=O)O)=Cc2cc(S(=O)(=O)O)cc(Nc3nc(Cl)nc(Nc4ccc(S(=O)(=O)CCOS(=O)(=O)O)cc4)n3)c21. The molecule has 0 atom stereocenters. The molecule has 0 bridgehead atoms. The van der Waals surface area contributed by atoms with Crippen LogP contribution in [0.25, 0.3) is 16.8 Å². The Morgan fingerprint density at radius 2 is 1.37 bits per heavy atom. The molecule has 0 saturated carbocycles. The summed E-state index contributed by atoms with van der Waals surface area (Å²) in [5.74, 6) is -2.97. The van der Waals surface area contributed by atoms with E-state index in [1.165, 1.54) is 30.3 Å². The van der Waals surface area contributed by atoms with E-state index in [9.17, 15) is 60.5 Å². The molecule has 5 aromatic rings. The van der Waals surface area contributed by atoms with Gasteiger partial charge in [-0.3, -0.25) is 28.4 Å². The summed E-state index contributed by atoms with van der Waals surface area (Å²) >= 11 is 6.11. The maximum atomic E-state index is 14.2. The van der Waals surface area contributed by atoms with Gasteiger partial charge < -0.3 is 10.6 Å². The van der Waals surface area contributed by atoms with Crippen LogP contribution in [0.5, 0.6) is 0 Å². The van der Waals surface area contributed by atoms with Crippen molar-refractivity contribution in [1.29, 1.82) is 0 Å². The average Bonchev–Trinajstić information content (AvgIpc) is 3.12. The van der Waals surface area contributed by atoms with Crippen molar-refractivity contribution in [2.45, 2.75) is 14.7 Å². The lowest BCUT2D eigenvalue weighted by molar-refractivity contribution is 0.106. The van der Waals surface area contributed by atoms with Crippen LogP contribution in [0.3, 0.4) is 0 Å². The summed E-state index contributed by atoms with van der Waals surface area (Å²) in [6.45, 7) is -0.867. The summed E-state index contributed by atoms with van der Waals surface area (Å²) in [5.41, 5.74) is -0.601. The second-order valence-electron chi connectivity index (χ2n) is 12.0. The van der Waals surface area contributed by atoms with E-state index >= 15 is 0 Å². The number of aromatic nitrogens is 3. The first kappa shape index (κ1) is 44.0. The van der Waals surface area contributed by atoms with Gasteiger partial charge in [0, 0.05) is 11.1 Å². The number of hydrogen-bond acceptors (Lipinski definition) is 19. The molecule has 0 fully saturated rings. The molecule has 0 spiro atoms. The van der Waals surface area contributed by atoms with Crippen LogP contribution >= 0.6 is 11.6 Å². The highest BCUT2D eigenvalue weighted by molar-refractivity contribution is 7.91. The third-order valence-corrected chi connectivity index (χ3v) is 13.0. The van der Waals surface area contributed by atoms with Gasteiger partial charge in [-0.15, -0.1) is 0 Å². The lowest BCUT2D eigenvalue weighted by atomic mass is 9.93. The molecule has 7 N–H and O–H groups in total. The topological polar surface area (TPSA) is 365 Å². The molecule has 316 valence electrons. The van der Waals surface area contributed by atoms with Gasteiger partial charge in [0.15, 0.2) is 15.5 Å². The molecule has 1 aliphatic carbocycles. The quantitative estimate of drug-likeness (QED) is 0.0621. The molecule has 60 heavy (non-hydrogen) atoms. The number of benzene rings is 4. The summed E-state index contributed by atoms with van der Waals surface area (Å²) in [6, 6.07) is 14.6. The van der Waals surface area contributed by atoms with Gasteiger partial charge in [-0.2, -0.15) is 53.7 Å². The van der Waals surface area contributed by atoms with Crippen LogP contribution in [0.4, 0.5) is 29.0 Å². The molecule has 1 aliphatic rings. The van der Waals surface area contributed by atoms with Crippen LogP contribution in [-0.4, -0.2) is 99.1 Å². The number of Topliss-reactive ketones (excluding diaryl/α,β-unsaturated/α-hetero) is 1. The maximum absolute atomic E-state index is 14.2. The van der Waals surface area contributed by atoms with E-state index in [2.05, 4.69) is 40.3 Å². The van der Waals surface area contributed by atoms with Gasteiger partial charge in [0.1, 0.15) is 9.80 Å². The predicted molar refractivity (Wildman–Crippen MR) is 212 cm³/mol. The summed E-state index contributed by atoms with van der Waals surface area (Å²) in [4.78, 5) is 23.0. The Hall–Kier alpha value is -5.53. The van der Waals surface area contributed by atoms with E-state index < -0.39 is 123 Å². The van der Waals surface area contributed by atoms with Crippen LogP contribution in [0, 0.1) is 0 Å². The van der Waals surface area contributed by atoms with Crippen molar-refractivity contribution in [3.8, 4) is 0 Å². The van der Waals surface area contributed by atoms with Gasteiger partial charge in [0.25, 0.3) is 30.4 Å². The average molecular weight is 946 g/mol. The fourth-order valence-electron chi connectivity index (χ4n) is 5.51. The molecule has 6 rings (SSSR count). The van der Waals surface area contributed by atoms with E-state index in [0.29, 0.717) is 17.5 Å². The van der Waals surface area contributed by atoms with Crippen LogP contribution in [0.1, 0.15) is 15.9 Å². The molecule has 1 aromatic heterocycles. The minimum Gasteiger partial charge on any atom is -0.324 e. The Morgan fingerprint density at radius 3 is 1.98 bits per heavy atom. The van der Waals surface area contributed by atoms with Crippen molar-refractivity contribution in [1.82, 2.24) is 15.0 Å². The number of carbonyl (C=O) groups excluding carboxylic acids is 1. The second kappa shape index (κ2) is 16.2. The first-order valence-corrected chi connectivity index (χ1v) is 23.6. The second-order valence-corrected chi connectivity index (χ2v) is 19.8. The molecule has 1 heterocycles. The Morgan fingerprint density at radius 1 is 0.717 bits per heavy atom. The minimum atomic E-state index is -5.38. The van der Waals surface area contributed by atoms with Crippen LogP contribution in [0.2, 0.25) is 5.28 Å². The Balaban J connectivity index is 1.39. The van der Waals surface area contributed by atoms with Crippen molar-refractivity contribution < 1.29 is 69.3 Å². The molecule has 0 saturated heterocycles. The summed E-state index contributed by atoms with van der Waals surface area (Å²) in [6.07, 6.45) is 0.637. The molecule has 23 nitrogen and oxygen atoms in total. The van der Waals surface area contributed by atoms with Crippen molar-refractivity contribution in [3.05, 3.63) is 94.1 Å². The van der Waals surface area contributed by atoms with Gasteiger partial charge >= 0.3 is 10.4 Å². The molecular formula is C31H24ClN7O16S5. The molecule has 0 amide bonds. The molecule has 4 aromatic carbocycles. The van der Waals surface area contributed by atoms with Crippen molar-refractivity contribution in [2.24, 2.45) is 5.10 Å². The lowest BCUT2D eigenvalue weighted by Crippen LogP contribution is -2.28. The van der Waals surface area contributed by atoms with Crippen molar-refractivity contribution in [2.75, 3.05) is 28.4 Å². The number of fused-ring (bicyclic) bond motifs is 2. The highest BCUT2D eigenvalue weighted by atomic mass is 35.5. The zero-order valence-electron chi connectivity index (χ0n) is 29.3. The molecule has 0 aliphatic heterocycles. The van der Waals surface area contributed by atoms with E-state index in [-0.39, 0.29) is 21.9 Å². The molecule has 29 heteroatoms. The van der Waals surface area contributed by atoms with E-state index in [4.69, 9.17) is 16.2 Å². The first-order valence-electron chi connectivity index (χ1n) is 15.9. The van der Waals surface area contributed by atoms with Gasteiger partial charge in [-0.1, -0.05) is 30.3 Å². The fourth-order valence-corrected chi connectivity index (χ4v) is 9.02. The van der Waals surface area contributed by atoms with E-state index in [0.717, 1.165) is 24.3 Å². The fraction of sp³-hybridized carbons (Fsp3) is 0.0645. The Bertz CT molecular complexity index is 3260. The van der Waals surface area contributed by atoms with E-state index in [1.54, 1.807) is 12.1 Å². The number of anilines is 5. The van der Waals surface area contributed by atoms with Gasteiger partial charge in [0.05, 0.1) is 39.1 Å². The lowest BCUT2D eigenvalue weighted by Gasteiger charge is -2.21. The number of hydrogen-bond donors (Lipinski definition) is 7. The number of carbonyl (C=O) groups is 1. The summed E-state index contributed by atoms with van der Waals surface area (Å²) in [7, 11) is -24.4. The monoisotopic (exact) mass is 945 g/mol. The number of allylic oxidation sites excluding steroid dienone is 1. The number of nitrogens with zero attached hydrogens (tertiary/aromatic N) is 4. The molecule has 0 radical (unpaired) electrons. The number of hydrazone groups is 1. The minimum absolute atomic E-state index is 0.138. The normalized spacial score (nSPS) is 14.4. The third kappa shape index (κ3) is 10.1. The number of nitrogens with one attached hydrogen (secondary N) is 3. The Kier molecular flexibility index (Phi) is 11.9. The third-order valence-electron chi connectivity index (χ3n) is 8.04. The number of ketones is 1. The maximum Gasteiger partial charge on any atom is 0.397 e. The zero-order chi connectivity index (χ0) is 44.0. The zero-order valence-corrected chi connectivity index (χ0v) is 34.2. The van der Waals surface area contributed by atoms with Gasteiger partial charge in [-0.25, -0.2) is 12.6 Å².